The van der Waals surface area contributed by atoms with Gasteiger partial charge in [-0.05, 0) is 42.0 Å². The molecule has 0 N–H and O–H groups in total. The molecule has 28 heavy (non-hydrogen) atoms. The summed E-state index contributed by atoms with van der Waals surface area (Å²) in [6.07, 6.45) is 1.84. The Balaban J connectivity index is 1.58. The summed E-state index contributed by atoms with van der Waals surface area (Å²) in [5, 5.41) is 10.3. The highest BCUT2D eigenvalue weighted by Crippen LogP contribution is 2.38. The topological polar surface area (TPSA) is 49.2 Å². The van der Waals surface area contributed by atoms with Gasteiger partial charge in [0.15, 0.2) is 22.5 Å². The predicted molar refractivity (Wildman–Crippen MR) is 115 cm³/mol. The minimum Gasteiger partial charge on any atom is -0.486 e. The standard InChI is InChI=1S/C20H17BrClN3O2S/c1-2-7-25-19(13-3-5-15(22)6-4-13)23-24-20(25)28-12-14-10-17-18(11-16(14)21)27-9-8-26-17/h2-6,10-11H,1,7-9,12H2. The zero-order chi connectivity index (χ0) is 19.5. The molecule has 0 saturated heterocycles. The van der Waals surface area contributed by atoms with E-state index in [4.69, 9.17) is 21.1 Å². The summed E-state index contributed by atoms with van der Waals surface area (Å²) >= 11 is 11.2. The quantitative estimate of drug-likeness (QED) is 0.340. The second-order valence-corrected chi connectivity index (χ2v) is 8.32. The molecule has 0 unspecified atom stereocenters. The summed E-state index contributed by atoms with van der Waals surface area (Å²) in [6, 6.07) is 11.6. The number of fused-ring (bicyclic) bond motifs is 1. The Morgan fingerprint density at radius 3 is 2.57 bits per heavy atom. The van der Waals surface area contributed by atoms with E-state index in [0.29, 0.717) is 30.5 Å². The Labute approximate surface area is 180 Å². The lowest BCUT2D eigenvalue weighted by molar-refractivity contribution is 0.171. The van der Waals surface area contributed by atoms with Crippen molar-refractivity contribution in [3.05, 3.63) is 64.1 Å². The van der Waals surface area contributed by atoms with E-state index in [-0.39, 0.29) is 0 Å². The second-order valence-electron chi connectivity index (χ2n) is 6.09. The van der Waals surface area contributed by atoms with Crippen molar-refractivity contribution >= 4 is 39.3 Å². The predicted octanol–water partition coefficient (Wildman–Crippen LogP) is 5.61. The van der Waals surface area contributed by atoms with E-state index >= 15 is 0 Å². The fourth-order valence-electron chi connectivity index (χ4n) is 2.86. The van der Waals surface area contributed by atoms with Gasteiger partial charge in [0.1, 0.15) is 13.2 Å². The van der Waals surface area contributed by atoms with Crippen molar-refractivity contribution in [1.82, 2.24) is 14.8 Å². The van der Waals surface area contributed by atoms with Gasteiger partial charge in [0, 0.05) is 27.4 Å². The number of thioether (sulfide) groups is 1. The zero-order valence-electron chi connectivity index (χ0n) is 14.9. The van der Waals surface area contributed by atoms with E-state index in [0.717, 1.165) is 38.1 Å². The molecule has 1 aliphatic heterocycles. The van der Waals surface area contributed by atoms with Crippen LogP contribution in [0.15, 0.2) is 58.7 Å². The zero-order valence-corrected chi connectivity index (χ0v) is 18.1. The third kappa shape index (κ3) is 4.06. The minimum atomic E-state index is 0.569. The van der Waals surface area contributed by atoms with Gasteiger partial charge in [-0.1, -0.05) is 45.4 Å². The van der Waals surface area contributed by atoms with Gasteiger partial charge in [-0.2, -0.15) is 0 Å². The van der Waals surface area contributed by atoms with Crippen molar-refractivity contribution < 1.29 is 9.47 Å². The molecule has 8 heteroatoms. The van der Waals surface area contributed by atoms with E-state index in [1.54, 1.807) is 11.8 Å². The van der Waals surface area contributed by atoms with Crippen LogP contribution in [0.25, 0.3) is 11.4 Å². The summed E-state index contributed by atoms with van der Waals surface area (Å²) in [6.45, 7) is 5.63. The number of ether oxygens (including phenoxy) is 2. The molecule has 0 bridgehead atoms. The highest BCUT2D eigenvalue weighted by Gasteiger charge is 2.17. The van der Waals surface area contributed by atoms with Gasteiger partial charge >= 0.3 is 0 Å². The molecule has 4 rings (SSSR count). The lowest BCUT2D eigenvalue weighted by Crippen LogP contribution is -2.15. The first-order chi connectivity index (χ1) is 13.7. The van der Waals surface area contributed by atoms with Gasteiger partial charge < -0.3 is 9.47 Å². The second kappa shape index (κ2) is 8.59. The van der Waals surface area contributed by atoms with Crippen LogP contribution < -0.4 is 9.47 Å². The Hall–Kier alpha value is -1.96. The van der Waals surface area contributed by atoms with Crippen molar-refractivity contribution in [1.29, 1.82) is 0 Å². The number of hydrogen-bond acceptors (Lipinski definition) is 5. The maximum Gasteiger partial charge on any atom is 0.192 e. The summed E-state index contributed by atoms with van der Waals surface area (Å²) in [7, 11) is 0. The molecule has 5 nitrogen and oxygen atoms in total. The van der Waals surface area contributed by atoms with Crippen LogP contribution in [0.2, 0.25) is 5.02 Å². The van der Waals surface area contributed by atoms with Crippen molar-refractivity contribution in [3.8, 4) is 22.9 Å². The van der Waals surface area contributed by atoms with E-state index in [1.807, 2.05) is 47.0 Å². The SMILES string of the molecule is C=CCn1c(SCc2cc3c(cc2Br)OCCO3)nnc1-c1ccc(Cl)cc1. The summed E-state index contributed by atoms with van der Waals surface area (Å²) in [5.74, 6) is 3.05. The van der Waals surface area contributed by atoms with E-state index in [2.05, 4.69) is 32.7 Å². The third-order valence-corrected chi connectivity index (χ3v) is 6.20. The largest absolute Gasteiger partial charge is 0.486 e. The molecule has 144 valence electrons. The van der Waals surface area contributed by atoms with Crippen LogP contribution in [0.5, 0.6) is 11.5 Å². The molecule has 0 saturated carbocycles. The first-order valence-corrected chi connectivity index (χ1v) is 10.8. The monoisotopic (exact) mass is 477 g/mol. The third-order valence-electron chi connectivity index (χ3n) is 4.20. The van der Waals surface area contributed by atoms with Gasteiger partial charge in [-0.15, -0.1) is 16.8 Å². The fraction of sp³-hybridized carbons (Fsp3) is 0.200. The van der Waals surface area contributed by atoms with Crippen LogP contribution in [0, 0.1) is 0 Å². The molecule has 1 aromatic heterocycles. The Morgan fingerprint density at radius 2 is 1.86 bits per heavy atom. The Kier molecular flexibility index (Phi) is 5.94. The number of nitrogens with zero attached hydrogens (tertiary/aromatic N) is 3. The van der Waals surface area contributed by atoms with Gasteiger partial charge in [-0.25, -0.2) is 0 Å². The molecule has 0 aliphatic carbocycles. The van der Waals surface area contributed by atoms with Gasteiger partial charge in [0.05, 0.1) is 0 Å². The normalized spacial score (nSPS) is 12.8. The maximum atomic E-state index is 6.00. The number of allylic oxidation sites excluding steroid dienone is 1. The fourth-order valence-corrected chi connectivity index (χ4v) is 4.57. The number of aromatic nitrogens is 3. The van der Waals surface area contributed by atoms with E-state index in [1.165, 1.54) is 0 Å². The first-order valence-electron chi connectivity index (χ1n) is 8.66. The van der Waals surface area contributed by atoms with E-state index < -0.39 is 0 Å². The Bertz CT molecular complexity index is 1010. The van der Waals surface area contributed by atoms with E-state index in [9.17, 15) is 0 Å². The number of hydrogen-bond donors (Lipinski definition) is 0. The van der Waals surface area contributed by atoms with Crippen molar-refractivity contribution in [2.45, 2.75) is 17.5 Å². The van der Waals surface area contributed by atoms with Crippen LogP contribution in [-0.2, 0) is 12.3 Å². The van der Waals surface area contributed by atoms with Crippen LogP contribution in [0.3, 0.4) is 0 Å². The van der Waals surface area contributed by atoms with Gasteiger partial charge in [-0.3, -0.25) is 4.57 Å². The molecule has 2 heterocycles. The average Bonchev–Trinajstić information content (AvgIpc) is 3.10. The summed E-state index contributed by atoms with van der Waals surface area (Å²) in [5.41, 5.74) is 2.07. The number of rotatable bonds is 6. The highest BCUT2D eigenvalue weighted by atomic mass is 79.9. The summed E-state index contributed by atoms with van der Waals surface area (Å²) in [4.78, 5) is 0. The molecular weight excluding hydrogens is 462 g/mol. The van der Waals surface area contributed by atoms with Crippen molar-refractivity contribution in [3.63, 3.8) is 0 Å². The lowest BCUT2D eigenvalue weighted by atomic mass is 10.2. The lowest BCUT2D eigenvalue weighted by Gasteiger charge is -2.19. The highest BCUT2D eigenvalue weighted by molar-refractivity contribution is 9.10. The van der Waals surface area contributed by atoms with Gasteiger partial charge in [0.25, 0.3) is 0 Å². The van der Waals surface area contributed by atoms with Crippen LogP contribution in [0.1, 0.15) is 5.56 Å². The smallest absolute Gasteiger partial charge is 0.192 e. The number of benzene rings is 2. The van der Waals surface area contributed by atoms with Crippen LogP contribution in [-0.4, -0.2) is 28.0 Å². The van der Waals surface area contributed by atoms with Gasteiger partial charge in [0.2, 0.25) is 0 Å². The molecule has 1 aliphatic rings. The first kappa shape index (κ1) is 19.4. The maximum absolute atomic E-state index is 6.00. The molecule has 3 aromatic rings. The molecule has 2 aromatic carbocycles. The average molecular weight is 479 g/mol. The van der Waals surface area contributed by atoms with Crippen LogP contribution >= 0.6 is 39.3 Å². The number of halogens is 2. The van der Waals surface area contributed by atoms with Crippen LogP contribution in [0.4, 0.5) is 0 Å². The molecule has 0 spiro atoms. The van der Waals surface area contributed by atoms with Crippen molar-refractivity contribution in [2.24, 2.45) is 0 Å². The Morgan fingerprint density at radius 1 is 1.14 bits per heavy atom. The molecule has 0 atom stereocenters. The molecule has 0 radical (unpaired) electrons. The molecule has 0 fully saturated rings. The molecule has 0 amide bonds. The van der Waals surface area contributed by atoms with Crippen molar-refractivity contribution in [2.75, 3.05) is 13.2 Å². The molecular formula is C20H17BrClN3O2S. The summed E-state index contributed by atoms with van der Waals surface area (Å²) < 4.78 is 14.3. The minimum absolute atomic E-state index is 0.569.